The normalized spacial score (nSPS) is 16.2. The number of fused-ring (bicyclic) bond motifs is 1. The largest absolute Gasteiger partial charge is 0.451 e. The number of hydrogen-bond acceptors (Lipinski definition) is 6. The monoisotopic (exact) mass is 421 g/mol. The summed E-state index contributed by atoms with van der Waals surface area (Å²) in [4.78, 5) is 28.4. The number of benzene rings is 1. The molecule has 0 saturated carbocycles. The minimum absolute atomic E-state index is 0.0780. The summed E-state index contributed by atoms with van der Waals surface area (Å²) in [5.41, 5.74) is 1.54. The Morgan fingerprint density at radius 2 is 1.83 bits per heavy atom. The molecule has 11 heteroatoms. The molecule has 1 unspecified atom stereocenters. The molecule has 1 N–H and O–H groups in total. The van der Waals surface area contributed by atoms with Crippen LogP contribution in [0, 0.1) is 0 Å². The van der Waals surface area contributed by atoms with Crippen LogP contribution in [0.1, 0.15) is 33.7 Å². The summed E-state index contributed by atoms with van der Waals surface area (Å²) in [5, 5.41) is 10.3. The number of amides is 1. The molecule has 3 heterocycles. The van der Waals surface area contributed by atoms with E-state index in [0.717, 1.165) is 12.4 Å². The molecule has 0 aliphatic carbocycles. The standard InChI is InChI=1S/C18H11ClF3N5O2/c19-17-25-10(8-27-14(28)11-3-1-2-4-12(11)15(27)29)5-13(26-17)9-6-23-16(24-7-9)18(20,21)22/h1-7,14,28H,8H2. The Hall–Kier alpha value is -3.11. The first kappa shape index (κ1) is 19.2. The molecule has 148 valence electrons. The SMILES string of the molecule is O=C1c2ccccc2C(O)N1Cc1cc(-c2cnc(C(F)(F)F)nc2)nc(Cl)n1. The van der Waals surface area contributed by atoms with Gasteiger partial charge in [-0.05, 0) is 23.7 Å². The van der Waals surface area contributed by atoms with Gasteiger partial charge in [0.1, 0.15) is 0 Å². The van der Waals surface area contributed by atoms with E-state index in [1.54, 1.807) is 24.3 Å². The van der Waals surface area contributed by atoms with E-state index in [0.29, 0.717) is 16.8 Å². The van der Waals surface area contributed by atoms with Crippen molar-refractivity contribution in [3.8, 4) is 11.3 Å². The summed E-state index contributed by atoms with van der Waals surface area (Å²) < 4.78 is 37.9. The van der Waals surface area contributed by atoms with Crippen molar-refractivity contribution in [1.82, 2.24) is 24.8 Å². The van der Waals surface area contributed by atoms with Gasteiger partial charge < -0.3 is 10.0 Å². The average molecular weight is 422 g/mol. The van der Waals surface area contributed by atoms with E-state index in [-0.39, 0.29) is 29.0 Å². The van der Waals surface area contributed by atoms with Crippen molar-refractivity contribution in [2.75, 3.05) is 0 Å². The molecule has 1 aromatic carbocycles. The molecule has 1 amide bonds. The van der Waals surface area contributed by atoms with Gasteiger partial charge in [-0.15, -0.1) is 0 Å². The summed E-state index contributed by atoms with van der Waals surface area (Å²) in [6.45, 7) is -0.0780. The fraction of sp³-hybridized carbons (Fsp3) is 0.167. The van der Waals surface area contributed by atoms with Gasteiger partial charge >= 0.3 is 6.18 Å². The molecule has 3 aromatic rings. The lowest BCUT2D eigenvalue weighted by molar-refractivity contribution is -0.144. The quantitative estimate of drug-likeness (QED) is 0.653. The molecule has 0 bridgehead atoms. The second-order valence-corrected chi connectivity index (χ2v) is 6.54. The van der Waals surface area contributed by atoms with E-state index in [1.807, 2.05) is 0 Å². The number of alkyl halides is 3. The predicted molar refractivity (Wildman–Crippen MR) is 94.3 cm³/mol. The Morgan fingerprint density at radius 3 is 2.48 bits per heavy atom. The Morgan fingerprint density at radius 1 is 1.14 bits per heavy atom. The van der Waals surface area contributed by atoms with Crippen LogP contribution in [0.4, 0.5) is 13.2 Å². The topological polar surface area (TPSA) is 92.1 Å². The molecule has 1 aliphatic heterocycles. The maximum Gasteiger partial charge on any atom is 0.451 e. The van der Waals surface area contributed by atoms with Crippen molar-refractivity contribution in [3.63, 3.8) is 0 Å². The van der Waals surface area contributed by atoms with Crippen molar-refractivity contribution in [3.05, 3.63) is 70.7 Å². The van der Waals surface area contributed by atoms with Crippen LogP contribution in [0.25, 0.3) is 11.3 Å². The van der Waals surface area contributed by atoms with Gasteiger partial charge in [-0.3, -0.25) is 4.79 Å². The van der Waals surface area contributed by atoms with E-state index in [2.05, 4.69) is 19.9 Å². The Kier molecular flexibility index (Phi) is 4.67. The highest BCUT2D eigenvalue weighted by molar-refractivity contribution is 6.28. The third-order valence-corrected chi connectivity index (χ3v) is 4.48. The third-order valence-electron chi connectivity index (χ3n) is 4.31. The molecule has 1 aliphatic rings. The van der Waals surface area contributed by atoms with Gasteiger partial charge in [0.2, 0.25) is 11.1 Å². The number of rotatable bonds is 3. The Balaban J connectivity index is 1.62. The second kappa shape index (κ2) is 7.05. The molecule has 0 fully saturated rings. The number of carbonyl (C=O) groups is 1. The molecule has 2 aromatic heterocycles. The van der Waals surface area contributed by atoms with Crippen molar-refractivity contribution in [1.29, 1.82) is 0 Å². The second-order valence-electron chi connectivity index (χ2n) is 6.20. The number of aliphatic hydroxyl groups is 1. The highest BCUT2D eigenvalue weighted by atomic mass is 35.5. The van der Waals surface area contributed by atoms with E-state index in [4.69, 9.17) is 11.6 Å². The number of carbonyl (C=O) groups excluding carboxylic acids is 1. The van der Waals surface area contributed by atoms with Crippen molar-refractivity contribution in [2.45, 2.75) is 18.9 Å². The minimum Gasteiger partial charge on any atom is -0.369 e. The van der Waals surface area contributed by atoms with Gasteiger partial charge in [-0.1, -0.05) is 18.2 Å². The van der Waals surface area contributed by atoms with Gasteiger partial charge in [0.15, 0.2) is 6.23 Å². The van der Waals surface area contributed by atoms with Crippen LogP contribution >= 0.6 is 11.6 Å². The Bertz CT molecular complexity index is 1090. The van der Waals surface area contributed by atoms with Crippen LogP contribution in [-0.4, -0.2) is 35.8 Å². The van der Waals surface area contributed by atoms with Gasteiger partial charge in [-0.25, -0.2) is 19.9 Å². The van der Waals surface area contributed by atoms with Crippen molar-refractivity contribution in [2.24, 2.45) is 0 Å². The van der Waals surface area contributed by atoms with Gasteiger partial charge in [-0.2, -0.15) is 13.2 Å². The lowest BCUT2D eigenvalue weighted by Crippen LogP contribution is -2.28. The van der Waals surface area contributed by atoms with E-state index < -0.39 is 18.2 Å². The number of hydrogen-bond donors (Lipinski definition) is 1. The maximum atomic E-state index is 12.6. The molecule has 0 saturated heterocycles. The number of aliphatic hydroxyl groups excluding tert-OH is 1. The van der Waals surface area contributed by atoms with Crippen LogP contribution in [0.15, 0.2) is 42.7 Å². The first-order chi connectivity index (χ1) is 13.7. The molecular formula is C18H11ClF3N5O2. The van der Waals surface area contributed by atoms with Crippen molar-refractivity contribution >= 4 is 17.5 Å². The third kappa shape index (κ3) is 3.64. The summed E-state index contributed by atoms with van der Waals surface area (Å²) in [6.07, 6.45) is -3.85. The van der Waals surface area contributed by atoms with Crippen LogP contribution in [-0.2, 0) is 12.7 Å². The summed E-state index contributed by atoms with van der Waals surface area (Å²) in [7, 11) is 0. The molecule has 0 spiro atoms. The van der Waals surface area contributed by atoms with Crippen molar-refractivity contribution < 1.29 is 23.1 Å². The lowest BCUT2D eigenvalue weighted by atomic mass is 10.1. The van der Waals surface area contributed by atoms with E-state index in [1.165, 1.54) is 11.0 Å². The fourth-order valence-electron chi connectivity index (χ4n) is 2.98. The van der Waals surface area contributed by atoms with Crippen LogP contribution in [0.2, 0.25) is 5.28 Å². The van der Waals surface area contributed by atoms with Crippen LogP contribution in [0.3, 0.4) is 0 Å². The first-order valence-electron chi connectivity index (χ1n) is 8.25. The molecule has 7 nitrogen and oxygen atoms in total. The summed E-state index contributed by atoms with van der Waals surface area (Å²) in [5.74, 6) is -1.65. The maximum absolute atomic E-state index is 12.6. The zero-order valence-electron chi connectivity index (χ0n) is 14.4. The van der Waals surface area contributed by atoms with E-state index >= 15 is 0 Å². The zero-order chi connectivity index (χ0) is 20.8. The molecule has 4 rings (SSSR count). The van der Waals surface area contributed by atoms with Crippen LogP contribution in [0.5, 0.6) is 0 Å². The van der Waals surface area contributed by atoms with Gasteiger partial charge in [0.25, 0.3) is 5.91 Å². The molecule has 0 radical (unpaired) electrons. The summed E-state index contributed by atoms with van der Waals surface area (Å²) >= 11 is 5.94. The first-order valence-corrected chi connectivity index (χ1v) is 8.63. The van der Waals surface area contributed by atoms with Gasteiger partial charge in [0.05, 0.1) is 17.9 Å². The highest BCUT2D eigenvalue weighted by Gasteiger charge is 2.36. The highest BCUT2D eigenvalue weighted by Crippen LogP contribution is 2.33. The summed E-state index contributed by atoms with van der Waals surface area (Å²) in [6, 6.07) is 8.11. The fourth-order valence-corrected chi connectivity index (χ4v) is 3.18. The molecular weight excluding hydrogens is 411 g/mol. The number of halogens is 4. The predicted octanol–water partition coefficient (Wildman–Crippen LogP) is 3.25. The Labute approximate surface area is 166 Å². The van der Waals surface area contributed by atoms with Gasteiger partial charge in [0, 0.05) is 29.1 Å². The van der Waals surface area contributed by atoms with Crippen LogP contribution < -0.4 is 0 Å². The smallest absolute Gasteiger partial charge is 0.369 e. The van der Waals surface area contributed by atoms with E-state index in [9.17, 15) is 23.1 Å². The molecule has 29 heavy (non-hydrogen) atoms. The number of aromatic nitrogens is 4. The average Bonchev–Trinajstić information content (AvgIpc) is 2.92. The number of nitrogens with zero attached hydrogens (tertiary/aromatic N) is 5. The molecule has 1 atom stereocenters. The zero-order valence-corrected chi connectivity index (χ0v) is 15.2. The minimum atomic E-state index is -4.66. The lowest BCUT2D eigenvalue weighted by Gasteiger charge is -2.20.